The highest BCUT2D eigenvalue weighted by Crippen LogP contribution is 2.28. The number of benzene rings is 3. The number of fused-ring (bicyclic) bond motifs is 1. The lowest BCUT2D eigenvalue weighted by Gasteiger charge is -2.28. The van der Waals surface area contributed by atoms with Crippen LogP contribution in [0, 0.1) is 0 Å². The number of carbonyl (C=O) groups excluding carboxylic acids is 1. The number of halogens is 2. The van der Waals surface area contributed by atoms with Gasteiger partial charge in [-0.05, 0) is 53.9 Å². The van der Waals surface area contributed by atoms with E-state index < -0.39 is 15.9 Å². The van der Waals surface area contributed by atoms with E-state index in [9.17, 15) is 13.2 Å². The maximum atomic E-state index is 13.2. The molecule has 1 aliphatic rings. The highest BCUT2D eigenvalue weighted by atomic mass is 35.5. The molecule has 3 aromatic carbocycles. The van der Waals surface area contributed by atoms with E-state index in [2.05, 4.69) is 5.32 Å². The zero-order valence-electron chi connectivity index (χ0n) is 15.8. The summed E-state index contributed by atoms with van der Waals surface area (Å²) in [4.78, 5) is 12.7. The van der Waals surface area contributed by atoms with E-state index in [0.29, 0.717) is 30.2 Å². The first kappa shape index (κ1) is 20.9. The Kier molecular flexibility index (Phi) is 5.84. The topological polar surface area (TPSA) is 66.5 Å². The van der Waals surface area contributed by atoms with Gasteiger partial charge in [-0.25, -0.2) is 8.42 Å². The molecule has 0 saturated heterocycles. The van der Waals surface area contributed by atoms with Crippen LogP contribution in [0.25, 0.3) is 0 Å². The molecule has 154 valence electrons. The van der Waals surface area contributed by atoms with Crippen LogP contribution >= 0.6 is 23.2 Å². The van der Waals surface area contributed by atoms with Gasteiger partial charge in [0.2, 0.25) is 10.0 Å². The first-order valence-electron chi connectivity index (χ1n) is 9.28. The Bertz CT molecular complexity index is 1230. The Morgan fingerprint density at radius 3 is 2.47 bits per heavy atom. The molecule has 0 saturated carbocycles. The van der Waals surface area contributed by atoms with Crippen molar-refractivity contribution in [1.82, 2.24) is 4.31 Å². The Balaban J connectivity index is 1.61. The molecule has 30 heavy (non-hydrogen) atoms. The quantitative estimate of drug-likeness (QED) is 0.595. The Morgan fingerprint density at radius 1 is 0.933 bits per heavy atom. The second-order valence-electron chi connectivity index (χ2n) is 6.96. The average molecular weight is 461 g/mol. The molecule has 0 radical (unpaired) electrons. The van der Waals surface area contributed by atoms with Crippen molar-refractivity contribution in [1.29, 1.82) is 0 Å². The van der Waals surface area contributed by atoms with Crippen LogP contribution in [0.4, 0.5) is 5.69 Å². The van der Waals surface area contributed by atoms with Gasteiger partial charge in [0.05, 0.1) is 15.5 Å². The third-order valence-electron chi connectivity index (χ3n) is 5.00. The summed E-state index contributed by atoms with van der Waals surface area (Å²) in [7, 11) is -3.78. The summed E-state index contributed by atoms with van der Waals surface area (Å²) in [5, 5.41) is 3.33. The molecule has 1 heterocycles. The average Bonchev–Trinajstić information content (AvgIpc) is 2.73. The number of anilines is 1. The maximum Gasteiger partial charge on any atom is 0.257 e. The van der Waals surface area contributed by atoms with Gasteiger partial charge in [0.25, 0.3) is 5.91 Å². The van der Waals surface area contributed by atoms with E-state index in [1.165, 1.54) is 22.5 Å². The fourth-order valence-electron chi connectivity index (χ4n) is 3.43. The van der Waals surface area contributed by atoms with Crippen molar-refractivity contribution in [2.24, 2.45) is 0 Å². The summed E-state index contributed by atoms with van der Waals surface area (Å²) in [6.45, 7) is 0.678. The van der Waals surface area contributed by atoms with Crippen LogP contribution < -0.4 is 5.32 Å². The minimum absolute atomic E-state index is 0.0301. The van der Waals surface area contributed by atoms with Crippen molar-refractivity contribution in [3.8, 4) is 0 Å². The van der Waals surface area contributed by atoms with Crippen LogP contribution in [-0.2, 0) is 23.0 Å². The van der Waals surface area contributed by atoms with E-state index in [4.69, 9.17) is 23.2 Å². The smallest absolute Gasteiger partial charge is 0.257 e. The number of hydrogen-bond acceptors (Lipinski definition) is 3. The third kappa shape index (κ3) is 4.23. The van der Waals surface area contributed by atoms with Crippen LogP contribution in [0.5, 0.6) is 0 Å². The van der Waals surface area contributed by atoms with Gasteiger partial charge in [-0.1, -0.05) is 53.5 Å². The molecule has 8 heteroatoms. The van der Waals surface area contributed by atoms with Crippen molar-refractivity contribution in [3.63, 3.8) is 0 Å². The van der Waals surface area contributed by atoms with E-state index in [1.54, 1.807) is 24.3 Å². The summed E-state index contributed by atoms with van der Waals surface area (Å²) in [5.74, 6) is -0.511. The van der Waals surface area contributed by atoms with Gasteiger partial charge < -0.3 is 5.32 Å². The summed E-state index contributed by atoms with van der Waals surface area (Å²) < 4.78 is 27.9. The molecule has 0 unspecified atom stereocenters. The largest absolute Gasteiger partial charge is 0.322 e. The number of rotatable bonds is 4. The van der Waals surface area contributed by atoms with Crippen LogP contribution in [0.3, 0.4) is 0 Å². The zero-order chi connectivity index (χ0) is 21.3. The van der Waals surface area contributed by atoms with E-state index in [-0.39, 0.29) is 15.5 Å². The van der Waals surface area contributed by atoms with Gasteiger partial charge >= 0.3 is 0 Å². The molecular weight excluding hydrogens is 443 g/mol. The molecule has 0 aromatic heterocycles. The fraction of sp³-hybridized carbons (Fsp3) is 0.136. The van der Waals surface area contributed by atoms with Crippen LogP contribution in [0.2, 0.25) is 10.0 Å². The van der Waals surface area contributed by atoms with Gasteiger partial charge in [0.15, 0.2) is 0 Å². The molecule has 0 aliphatic carbocycles. The Morgan fingerprint density at radius 2 is 1.70 bits per heavy atom. The summed E-state index contributed by atoms with van der Waals surface area (Å²) >= 11 is 12.1. The van der Waals surface area contributed by atoms with E-state index in [1.807, 2.05) is 24.3 Å². The first-order valence-corrected chi connectivity index (χ1v) is 11.5. The maximum absolute atomic E-state index is 13.2. The molecule has 3 aromatic rings. The highest BCUT2D eigenvalue weighted by Gasteiger charge is 2.29. The van der Waals surface area contributed by atoms with Crippen LogP contribution in [0.1, 0.15) is 21.5 Å². The Hall–Kier alpha value is -2.38. The third-order valence-corrected chi connectivity index (χ3v) is 7.40. The number of amides is 1. The van der Waals surface area contributed by atoms with Crippen molar-refractivity contribution in [2.75, 3.05) is 11.9 Å². The summed E-state index contributed by atoms with van der Waals surface area (Å²) in [5.41, 5.74) is 2.71. The molecule has 4 rings (SSSR count). The number of carbonyl (C=O) groups is 1. The molecule has 1 aliphatic heterocycles. The van der Waals surface area contributed by atoms with Gasteiger partial charge in [-0.3, -0.25) is 4.79 Å². The zero-order valence-corrected chi connectivity index (χ0v) is 18.1. The number of nitrogens with one attached hydrogen (secondary N) is 1. The lowest BCUT2D eigenvalue weighted by Crippen LogP contribution is -2.36. The second-order valence-corrected chi connectivity index (χ2v) is 9.74. The highest BCUT2D eigenvalue weighted by molar-refractivity contribution is 7.89. The van der Waals surface area contributed by atoms with Crippen LogP contribution in [0.15, 0.2) is 71.6 Å². The molecule has 0 bridgehead atoms. The minimum atomic E-state index is -3.78. The molecule has 1 N–H and O–H groups in total. The minimum Gasteiger partial charge on any atom is -0.322 e. The Labute approximate surface area is 185 Å². The van der Waals surface area contributed by atoms with E-state index in [0.717, 1.165) is 11.1 Å². The van der Waals surface area contributed by atoms with Crippen molar-refractivity contribution in [2.45, 2.75) is 17.9 Å². The molecule has 1 amide bonds. The molecule has 0 spiro atoms. The predicted octanol–water partition coefficient (Wildman–Crippen LogP) is 4.99. The number of hydrogen-bond donors (Lipinski definition) is 1. The van der Waals surface area contributed by atoms with Crippen molar-refractivity contribution in [3.05, 3.63) is 93.5 Å². The molecule has 0 atom stereocenters. The summed E-state index contributed by atoms with van der Waals surface area (Å²) in [6.07, 6.45) is 0.644. The molecule has 0 fully saturated rings. The number of sulfonamides is 1. The molecular formula is C22H18Cl2N2O3S. The SMILES string of the molecule is O=C(Nc1cccc(Cl)c1)c1cc(S(=O)(=O)N2CCc3ccccc3C2)ccc1Cl. The van der Waals surface area contributed by atoms with Crippen molar-refractivity contribution < 1.29 is 13.2 Å². The summed E-state index contributed by atoms with van der Waals surface area (Å²) in [6, 6.07) is 18.6. The molecule has 5 nitrogen and oxygen atoms in total. The monoisotopic (exact) mass is 460 g/mol. The predicted molar refractivity (Wildman–Crippen MR) is 119 cm³/mol. The van der Waals surface area contributed by atoms with E-state index >= 15 is 0 Å². The van der Waals surface area contributed by atoms with Gasteiger partial charge in [0.1, 0.15) is 0 Å². The van der Waals surface area contributed by atoms with Crippen molar-refractivity contribution >= 4 is 44.8 Å². The van der Waals surface area contributed by atoms with Gasteiger partial charge in [-0.15, -0.1) is 0 Å². The standard InChI is InChI=1S/C22H18Cl2N2O3S/c23-17-6-3-7-18(12-17)25-22(27)20-13-19(8-9-21(20)24)30(28,29)26-11-10-15-4-1-2-5-16(15)14-26/h1-9,12-13H,10-11,14H2,(H,25,27). The van der Waals surface area contributed by atoms with Gasteiger partial charge in [-0.2, -0.15) is 4.31 Å². The fourth-order valence-corrected chi connectivity index (χ4v) is 5.27. The van der Waals surface area contributed by atoms with Crippen LogP contribution in [-0.4, -0.2) is 25.2 Å². The van der Waals surface area contributed by atoms with Gasteiger partial charge in [0, 0.05) is 23.8 Å². The lowest BCUT2D eigenvalue weighted by atomic mass is 10.0. The number of nitrogens with zero attached hydrogens (tertiary/aromatic N) is 1. The lowest BCUT2D eigenvalue weighted by molar-refractivity contribution is 0.102. The first-order chi connectivity index (χ1) is 14.3. The normalized spacial score (nSPS) is 14.2. The second kappa shape index (κ2) is 8.40.